The summed E-state index contributed by atoms with van der Waals surface area (Å²) in [6.45, 7) is 4.37. The van der Waals surface area contributed by atoms with E-state index in [9.17, 15) is 4.79 Å². The molecule has 1 aliphatic heterocycles. The Kier molecular flexibility index (Phi) is 2.73. The topological polar surface area (TPSA) is 29.5 Å². The molecule has 3 nitrogen and oxygen atoms in total. The predicted octanol–water partition coefficient (Wildman–Crippen LogP) is 1.71. The number of hydrogen-bond donors (Lipinski definition) is 0. The monoisotopic (exact) mass is 205 g/mol. The van der Waals surface area contributed by atoms with Crippen molar-refractivity contribution in [1.82, 2.24) is 4.90 Å². The third-order valence-corrected chi connectivity index (χ3v) is 2.83. The van der Waals surface area contributed by atoms with Crippen LogP contribution in [0.1, 0.15) is 22.8 Å². The fourth-order valence-electron chi connectivity index (χ4n) is 1.89. The minimum atomic E-state index is 0.192. The molecule has 3 heteroatoms. The number of Topliss-reactive ketones (excluding diaryl/α,β-unsaturated/α-hetero) is 1. The van der Waals surface area contributed by atoms with Crippen LogP contribution < -0.4 is 4.74 Å². The molecule has 0 atom stereocenters. The minimum absolute atomic E-state index is 0.192. The van der Waals surface area contributed by atoms with Crippen LogP contribution in [0.2, 0.25) is 0 Å². The van der Waals surface area contributed by atoms with Crippen LogP contribution in [0.15, 0.2) is 18.2 Å². The molecular weight excluding hydrogens is 190 g/mol. The number of likely N-dealkylation sites (N-methyl/N-ethyl adjacent to an activating group) is 1. The maximum Gasteiger partial charge on any atom is 0.177 e. The van der Waals surface area contributed by atoms with Gasteiger partial charge in [0.05, 0.1) is 13.7 Å². The summed E-state index contributed by atoms with van der Waals surface area (Å²) < 4.78 is 5.12. The van der Waals surface area contributed by atoms with Crippen LogP contribution >= 0.6 is 0 Å². The highest BCUT2D eigenvalue weighted by Gasteiger charge is 2.22. The molecule has 0 spiro atoms. The highest BCUT2D eigenvalue weighted by atomic mass is 16.5. The molecule has 15 heavy (non-hydrogen) atoms. The molecule has 0 aliphatic carbocycles. The number of benzene rings is 1. The third kappa shape index (κ3) is 1.88. The highest BCUT2D eigenvalue weighted by molar-refractivity contribution is 6.00. The van der Waals surface area contributed by atoms with Gasteiger partial charge >= 0.3 is 0 Å². The molecule has 1 aliphatic rings. The van der Waals surface area contributed by atoms with Crippen LogP contribution in [0.25, 0.3) is 0 Å². The van der Waals surface area contributed by atoms with Crippen molar-refractivity contribution in [2.45, 2.75) is 13.5 Å². The first-order valence-corrected chi connectivity index (χ1v) is 5.17. The maximum atomic E-state index is 11.8. The Hall–Kier alpha value is -1.35. The maximum absolute atomic E-state index is 11.8. The number of hydrogen-bond acceptors (Lipinski definition) is 3. The zero-order valence-corrected chi connectivity index (χ0v) is 9.12. The fraction of sp³-hybridized carbons (Fsp3) is 0.417. The van der Waals surface area contributed by atoms with Crippen LogP contribution in [0.4, 0.5) is 0 Å². The number of carbonyl (C=O) groups is 1. The molecule has 0 N–H and O–H groups in total. The van der Waals surface area contributed by atoms with Crippen LogP contribution in [-0.2, 0) is 6.54 Å². The number of methoxy groups -OCH3 is 1. The molecule has 0 fully saturated rings. The lowest BCUT2D eigenvalue weighted by Gasteiger charge is -2.26. The van der Waals surface area contributed by atoms with Crippen LogP contribution in [0, 0.1) is 0 Å². The van der Waals surface area contributed by atoms with E-state index < -0.39 is 0 Å². The summed E-state index contributed by atoms with van der Waals surface area (Å²) in [6, 6.07) is 5.73. The minimum Gasteiger partial charge on any atom is -0.497 e. The van der Waals surface area contributed by atoms with Gasteiger partial charge in [-0.05, 0) is 24.2 Å². The van der Waals surface area contributed by atoms with Crippen LogP contribution in [0.5, 0.6) is 5.75 Å². The van der Waals surface area contributed by atoms with E-state index in [0.717, 1.165) is 30.0 Å². The number of fused-ring (bicyclic) bond motifs is 1. The van der Waals surface area contributed by atoms with E-state index in [-0.39, 0.29) is 5.78 Å². The molecule has 0 amide bonds. The van der Waals surface area contributed by atoms with Gasteiger partial charge in [0.25, 0.3) is 0 Å². The smallest absolute Gasteiger partial charge is 0.177 e. The van der Waals surface area contributed by atoms with E-state index >= 15 is 0 Å². The zero-order valence-electron chi connectivity index (χ0n) is 9.12. The van der Waals surface area contributed by atoms with Crippen LogP contribution in [-0.4, -0.2) is 30.9 Å². The summed E-state index contributed by atoms with van der Waals surface area (Å²) in [7, 11) is 1.62. The van der Waals surface area contributed by atoms with Crippen molar-refractivity contribution in [2.24, 2.45) is 0 Å². The number of carbonyl (C=O) groups excluding carboxylic acids is 1. The average Bonchev–Trinajstić information content (AvgIpc) is 2.28. The predicted molar refractivity (Wildman–Crippen MR) is 58.3 cm³/mol. The average molecular weight is 205 g/mol. The van der Waals surface area contributed by atoms with Crippen molar-refractivity contribution in [1.29, 1.82) is 0 Å². The first kappa shape index (κ1) is 10.2. The second-order valence-electron chi connectivity index (χ2n) is 3.75. The molecule has 1 aromatic carbocycles. The van der Waals surface area contributed by atoms with Crippen molar-refractivity contribution in [3.63, 3.8) is 0 Å². The molecule has 1 aromatic rings. The van der Waals surface area contributed by atoms with Gasteiger partial charge in [-0.3, -0.25) is 9.69 Å². The van der Waals surface area contributed by atoms with E-state index in [1.165, 1.54) is 0 Å². The molecule has 0 radical (unpaired) electrons. The van der Waals surface area contributed by atoms with Gasteiger partial charge < -0.3 is 4.74 Å². The van der Waals surface area contributed by atoms with Gasteiger partial charge in [0, 0.05) is 12.1 Å². The van der Waals surface area contributed by atoms with Gasteiger partial charge in [-0.15, -0.1) is 0 Å². The standard InChI is InChI=1S/C12H15NO2/c1-3-13-7-9-4-5-10(15-2)6-11(9)12(14)8-13/h4-6H,3,7-8H2,1-2H3. The normalized spacial score (nSPS) is 16.3. The van der Waals surface area contributed by atoms with Gasteiger partial charge in [0.1, 0.15) is 5.75 Å². The first-order chi connectivity index (χ1) is 7.24. The lowest BCUT2D eigenvalue weighted by atomic mass is 9.98. The summed E-state index contributed by atoms with van der Waals surface area (Å²) >= 11 is 0. The van der Waals surface area contributed by atoms with Crippen molar-refractivity contribution in [3.05, 3.63) is 29.3 Å². The van der Waals surface area contributed by atoms with Gasteiger partial charge in [-0.2, -0.15) is 0 Å². The number of ketones is 1. The summed E-state index contributed by atoms with van der Waals surface area (Å²) in [5.74, 6) is 0.948. The molecule has 80 valence electrons. The summed E-state index contributed by atoms with van der Waals surface area (Å²) in [5, 5.41) is 0. The molecule has 0 unspecified atom stereocenters. The van der Waals surface area contributed by atoms with Crippen molar-refractivity contribution in [3.8, 4) is 5.75 Å². The Bertz CT molecular complexity index is 387. The quantitative estimate of drug-likeness (QED) is 0.736. The summed E-state index contributed by atoms with van der Waals surface area (Å²) in [5.41, 5.74) is 1.92. The zero-order chi connectivity index (χ0) is 10.8. The van der Waals surface area contributed by atoms with Gasteiger partial charge in [-0.1, -0.05) is 13.0 Å². The van der Waals surface area contributed by atoms with Gasteiger partial charge in [0.2, 0.25) is 0 Å². The molecular formula is C12H15NO2. The second-order valence-corrected chi connectivity index (χ2v) is 3.75. The number of nitrogens with zero attached hydrogens (tertiary/aromatic N) is 1. The van der Waals surface area contributed by atoms with Crippen molar-refractivity contribution in [2.75, 3.05) is 20.2 Å². The van der Waals surface area contributed by atoms with Crippen molar-refractivity contribution >= 4 is 5.78 Å². The van der Waals surface area contributed by atoms with E-state index in [1.807, 2.05) is 18.2 Å². The summed E-state index contributed by atoms with van der Waals surface area (Å²) in [6.07, 6.45) is 0. The Morgan fingerprint density at radius 1 is 1.40 bits per heavy atom. The molecule has 1 heterocycles. The Morgan fingerprint density at radius 3 is 2.87 bits per heavy atom. The fourth-order valence-corrected chi connectivity index (χ4v) is 1.89. The lowest BCUT2D eigenvalue weighted by molar-refractivity contribution is 0.0905. The SMILES string of the molecule is CCN1CC(=O)c2cc(OC)ccc2C1. The van der Waals surface area contributed by atoms with E-state index in [1.54, 1.807) is 7.11 Å². The Morgan fingerprint density at radius 2 is 2.20 bits per heavy atom. The lowest BCUT2D eigenvalue weighted by Crippen LogP contribution is -2.34. The first-order valence-electron chi connectivity index (χ1n) is 5.17. The molecule has 0 saturated heterocycles. The van der Waals surface area contributed by atoms with Gasteiger partial charge in [-0.25, -0.2) is 0 Å². The number of rotatable bonds is 2. The van der Waals surface area contributed by atoms with E-state index in [4.69, 9.17) is 4.74 Å². The molecule has 2 rings (SSSR count). The van der Waals surface area contributed by atoms with Crippen molar-refractivity contribution < 1.29 is 9.53 Å². The van der Waals surface area contributed by atoms with Gasteiger partial charge in [0.15, 0.2) is 5.78 Å². The Labute approximate surface area is 89.7 Å². The summed E-state index contributed by atoms with van der Waals surface area (Å²) in [4.78, 5) is 14.0. The second kappa shape index (κ2) is 4.03. The van der Waals surface area contributed by atoms with Crippen LogP contribution in [0.3, 0.4) is 0 Å². The molecule has 0 aromatic heterocycles. The number of ether oxygens (including phenoxy) is 1. The Balaban J connectivity index is 2.37. The van der Waals surface area contributed by atoms with E-state index in [2.05, 4.69) is 11.8 Å². The largest absolute Gasteiger partial charge is 0.497 e. The third-order valence-electron chi connectivity index (χ3n) is 2.83. The molecule has 0 saturated carbocycles. The molecule has 0 bridgehead atoms. The van der Waals surface area contributed by atoms with E-state index in [0.29, 0.717) is 6.54 Å². The highest BCUT2D eigenvalue weighted by Crippen LogP contribution is 2.23.